The Labute approximate surface area is 102 Å². The molecule has 0 radical (unpaired) electrons. The van der Waals surface area contributed by atoms with Crippen LogP contribution in [0.1, 0.15) is 0 Å². The Hall–Kier alpha value is -0.280. The SMILES string of the molecule is O=C1OC(=O)[C@]23CS(=O)[I-]C12C1C=CC3O1. The fourth-order valence-corrected chi connectivity index (χ4v) is 12.6. The Kier molecular flexibility index (Phi) is 1.57. The van der Waals surface area contributed by atoms with Crippen LogP contribution in [0.4, 0.5) is 0 Å². The van der Waals surface area contributed by atoms with Gasteiger partial charge < -0.3 is 0 Å². The number of alkyl halides is 1. The molecule has 0 aliphatic carbocycles. The number of esters is 2. The van der Waals surface area contributed by atoms with Gasteiger partial charge in [-0.3, -0.25) is 0 Å². The van der Waals surface area contributed by atoms with Crippen molar-refractivity contribution in [1.82, 2.24) is 0 Å². The van der Waals surface area contributed by atoms with Crippen LogP contribution in [0.25, 0.3) is 0 Å². The zero-order chi connectivity index (χ0) is 11.1. The van der Waals surface area contributed by atoms with Crippen molar-refractivity contribution >= 4 is 19.9 Å². The van der Waals surface area contributed by atoms with E-state index in [1.807, 2.05) is 6.08 Å². The number of hydrogen-bond donors (Lipinski definition) is 0. The number of cyclic esters (lactones) is 2. The standard InChI is InChI=1S/C9H6IO5S/c11-6-8-3-16(13)10-9(8,7(12)15-6)5-2-1-4(8)14-5/h1-2,4-5H,3H2/q-1/t4?,5?,8-,9?,16?/m1/s1. The number of rotatable bonds is 0. The van der Waals surface area contributed by atoms with Crippen LogP contribution in [0.5, 0.6) is 0 Å². The first-order chi connectivity index (χ1) is 7.61. The van der Waals surface area contributed by atoms with Gasteiger partial charge in [0.05, 0.1) is 0 Å². The molecule has 0 N–H and O–H groups in total. The van der Waals surface area contributed by atoms with E-state index in [4.69, 9.17) is 9.47 Å². The van der Waals surface area contributed by atoms with Gasteiger partial charge in [0.15, 0.2) is 0 Å². The molecule has 3 saturated heterocycles. The molecule has 0 saturated carbocycles. The first kappa shape index (κ1) is 9.72. The van der Waals surface area contributed by atoms with E-state index in [0.29, 0.717) is 0 Å². The summed E-state index contributed by atoms with van der Waals surface area (Å²) in [5.41, 5.74) is -0.957. The van der Waals surface area contributed by atoms with Crippen molar-refractivity contribution in [3.63, 3.8) is 0 Å². The number of ether oxygens (including phenoxy) is 2. The molecular weight excluding hydrogens is 347 g/mol. The second-order valence-corrected chi connectivity index (χ2v) is 11.2. The quantitative estimate of drug-likeness (QED) is 0.111. The number of carbonyl (C=O) groups is 2. The summed E-state index contributed by atoms with van der Waals surface area (Å²) in [7, 11) is -1.03. The number of halogens is 1. The Morgan fingerprint density at radius 1 is 1.31 bits per heavy atom. The summed E-state index contributed by atoms with van der Waals surface area (Å²) in [5, 5.41) is 0. The third-order valence-corrected chi connectivity index (χ3v) is 11.3. The van der Waals surface area contributed by atoms with Gasteiger partial charge >= 0.3 is 102 Å². The van der Waals surface area contributed by atoms with Gasteiger partial charge in [-0.2, -0.15) is 0 Å². The molecule has 86 valence electrons. The predicted molar refractivity (Wildman–Crippen MR) is 47.1 cm³/mol. The van der Waals surface area contributed by atoms with E-state index in [2.05, 4.69) is 0 Å². The van der Waals surface area contributed by atoms with Crippen molar-refractivity contribution in [2.24, 2.45) is 5.41 Å². The molecule has 0 aromatic heterocycles. The topological polar surface area (TPSA) is 69.7 Å². The summed E-state index contributed by atoms with van der Waals surface area (Å²) < 4.78 is 21.3. The Morgan fingerprint density at radius 3 is 2.81 bits per heavy atom. The van der Waals surface area contributed by atoms with E-state index in [9.17, 15) is 13.8 Å². The molecule has 0 aromatic rings. The maximum atomic E-state index is 11.9. The number of fused-ring (bicyclic) bond motifs is 2. The molecule has 0 amide bonds. The van der Waals surface area contributed by atoms with Crippen molar-refractivity contribution in [2.75, 3.05) is 5.75 Å². The van der Waals surface area contributed by atoms with Gasteiger partial charge in [0.2, 0.25) is 0 Å². The minimum absolute atomic E-state index is 0.233. The van der Waals surface area contributed by atoms with Crippen molar-refractivity contribution in [3.05, 3.63) is 12.2 Å². The molecular formula is C9H6IO5S-. The Morgan fingerprint density at radius 2 is 2.06 bits per heavy atom. The third kappa shape index (κ3) is 0.715. The Balaban J connectivity index is 2.05. The third-order valence-electron chi connectivity index (χ3n) is 3.68. The second kappa shape index (κ2) is 2.59. The second-order valence-electron chi connectivity index (χ2n) is 4.23. The van der Waals surface area contributed by atoms with Crippen LogP contribution < -0.4 is 19.8 Å². The van der Waals surface area contributed by atoms with Crippen LogP contribution in [-0.4, -0.2) is 37.5 Å². The first-order valence-corrected chi connectivity index (χ1v) is 9.71. The van der Waals surface area contributed by atoms with Gasteiger partial charge in [-0.05, 0) is 0 Å². The predicted octanol–water partition coefficient (Wildman–Crippen LogP) is -4.10. The van der Waals surface area contributed by atoms with Crippen molar-refractivity contribution in [2.45, 2.75) is 15.6 Å². The normalized spacial score (nSPS) is 57.1. The molecule has 2 bridgehead atoms. The van der Waals surface area contributed by atoms with Crippen LogP contribution in [0, 0.1) is 5.41 Å². The molecule has 5 nitrogen and oxygen atoms in total. The maximum absolute atomic E-state index is 11.9. The van der Waals surface area contributed by atoms with E-state index in [0.717, 1.165) is 0 Å². The van der Waals surface area contributed by atoms with Crippen LogP contribution in [0.15, 0.2) is 12.2 Å². The summed E-state index contributed by atoms with van der Waals surface area (Å²) in [6.07, 6.45) is 2.80. The average molecular weight is 353 g/mol. The van der Waals surface area contributed by atoms with Gasteiger partial charge in [0.1, 0.15) is 0 Å². The van der Waals surface area contributed by atoms with Gasteiger partial charge in [0.25, 0.3) is 0 Å². The van der Waals surface area contributed by atoms with E-state index >= 15 is 0 Å². The van der Waals surface area contributed by atoms with Gasteiger partial charge in [-0.25, -0.2) is 0 Å². The fraction of sp³-hybridized carbons (Fsp3) is 0.556. The van der Waals surface area contributed by atoms with E-state index in [1.165, 1.54) is 0 Å². The van der Waals surface area contributed by atoms with Crippen LogP contribution >= 0.6 is 0 Å². The number of carbonyl (C=O) groups excluding carboxylic acids is 2. The summed E-state index contributed by atoms with van der Waals surface area (Å²) in [6.45, 7) is 0. The molecule has 5 atom stereocenters. The summed E-state index contributed by atoms with van der Waals surface area (Å²) in [5.74, 6) is -0.802. The van der Waals surface area contributed by atoms with E-state index in [-0.39, 0.29) is 5.75 Å². The van der Waals surface area contributed by atoms with Crippen molar-refractivity contribution in [3.8, 4) is 0 Å². The zero-order valence-electron chi connectivity index (χ0n) is 7.84. The van der Waals surface area contributed by atoms with Crippen molar-refractivity contribution < 1.29 is 43.1 Å². The van der Waals surface area contributed by atoms with Crippen LogP contribution in [0.3, 0.4) is 0 Å². The monoisotopic (exact) mass is 353 g/mol. The minimum atomic E-state index is -1.03. The molecule has 0 spiro atoms. The molecule has 4 rings (SSSR count). The molecule has 4 heterocycles. The Bertz CT molecular complexity index is 462. The zero-order valence-corrected chi connectivity index (χ0v) is 10.8. The first-order valence-electron chi connectivity index (χ1n) is 4.77. The average Bonchev–Trinajstić information content (AvgIpc) is 2.86. The van der Waals surface area contributed by atoms with Gasteiger partial charge in [0, 0.05) is 0 Å². The summed E-state index contributed by atoms with van der Waals surface area (Å²) in [4.78, 5) is 23.9. The van der Waals surface area contributed by atoms with E-state index in [1.54, 1.807) is 6.08 Å². The fourth-order valence-electron chi connectivity index (χ4n) is 2.96. The summed E-state index contributed by atoms with van der Waals surface area (Å²) >= 11 is -0.921. The molecule has 0 aromatic carbocycles. The molecule has 4 unspecified atom stereocenters. The van der Waals surface area contributed by atoms with Crippen LogP contribution in [-0.2, 0) is 27.0 Å². The number of hydrogen-bond acceptors (Lipinski definition) is 5. The summed E-state index contributed by atoms with van der Waals surface area (Å²) in [6, 6.07) is 0. The van der Waals surface area contributed by atoms with Gasteiger partial charge in [-0.1, -0.05) is 0 Å². The molecule has 3 fully saturated rings. The van der Waals surface area contributed by atoms with Crippen molar-refractivity contribution in [1.29, 1.82) is 0 Å². The molecule has 16 heavy (non-hydrogen) atoms. The van der Waals surface area contributed by atoms with E-state index < -0.39 is 60.8 Å². The molecule has 7 heteroatoms. The molecule has 4 aliphatic heterocycles. The van der Waals surface area contributed by atoms with Crippen LogP contribution in [0.2, 0.25) is 0 Å². The molecule has 4 aliphatic rings. The van der Waals surface area contributed by atoms with Gasteiger partial charge in [-0.15, -0.1) is 0 Å².